The van der Waals surface area contributed by atoms with E-state index in [1.54, 1.807) is 28.9 Å². The van der Waals surface area contributed by atoms with Gasteiger partial charge in [-0.25, -0.2) is 0 Å². The lowest BCUT2D eigenvalue weighted by atomic mass is 9.93. The maximum absolute atomic E-state index is 13.0. The zero-order valence-electron chi connectivity index (χ0n) is 18.1. The van der Waals surface area contributed by atoms with Crippen LogP contribution in [0.4, 0.5) is 0 Å². The normalized spacial score (nSPS) is 22.5. The van der Waals surface area contributed by atoms with E-state index in [0.29, 0.717) is 36.8 Å². The summed E-state index contributed by atoms with van der Waals surface area (Å²) in [7, 11) is 1.69. The van der Waals surface area contributed by atoms with Crippen LogP contribution in [0.1, 0.15) is 67.3 Å². The molecule has 2 bridgehead atoms. The molecular weight excluding hydrogens is 366 g/mol. The number of nitrogens with zero attached hydrogens (tertiary/aromatic N) is 2. The number of hydrogen-bond acceptors (Lipinski definition) is 3. The van der Waals surface area contributed by atoms with E-state index in [4.69, 9.17) is 0 Å². The Kier molecular flexibility index (Phi) is 6.30. The number of aromatic nitrogens is 1. The van der Waals surface area contributed by atoms with Crippen molar-refractivity contribution < 1.29 is 9.59 Å². The first-order valence-corrected chi connectivity index (χ1v) is 10.6. The minimum Gasteiger partial charge on any atom is -0.352 e. The Balaban J connectivity index is 1.82. The van der Waals surface area contributed by atoms with Crippen LogP contribution >= 0.6 is 0 Å². The van der Waals surface area contributed by atoms with Crippen LogP contribution in [-0.2, 0) is 0 Å². The first-order valence-electron chi connectivity index (χ1n) is 10.6. The number of rotatable bonds is 7. The Morgan fingerprint density at radius 1 is 1.14 bits per heavy atom. The van der Waals surface area contributed by atoms with Crippen LogP contribution < -0.4 is 10.7 Å². The van der Waals surface area contributed by atoms with Crippen molar-refractivity contribution in [3.63, 3.8) is 0 Å². The fourth-order valence-electron chi connectivity index (χ4n) is 4.49. The molecular formula is C23H33N3O3. The van der Waals surface area contributed by atoms with Crippen molar-refractivity contribution >= 4 is 11.8 Å². The van der Waals surface area contributed by atoms with Crippen molar-refractivity contribution in [1.82, 2.24) is 14.8 Å². The Bertz CT molecular complexity index is 869. The number of carbonyl (C=O) groups excluding carboxylic acids is 2. The molecule has 1 heterocycles. The zero-order chi connectivity index (χ0) is 21.3. The van der Waals surface area contributed by atoms with Gasteiger partial charge < -0.3 is 14.8 Å². The fourth-order valence-corrected chi connectivity index (χ4v) is 4.49. The molecule has 0 saturated heterocycles. The van der Waals surface area contributed by atoms with Crippen LogP contribution in [0.25, 0.3) is 0 Å². The maximum Gasteiger partial charge on any atom is 0.259 e. The molecule has 0 unspecified atom stereocenters. The van der Waals surface area contributed by atoms with Gasteiger partial charge in [-0.15, -0.1) is 0 Å². The molecule has 0 aromatic carbocycles. The van der Waals surface area contributed by atoms with Gasteiger partial charge in [0, 0.05) is 38.6 Å². The highest BCUT2D eigenvalue weighted by molar-refractivity contribution is 5.99. The van der Waals surface area contributed by atoms with E-state index < -0.39 is 11.3 Å². The third kappa shape index (κ3) is 4.62. The van der Waals surface area contributed by atoms with Crippen LogP contribution in [0.15, 0.2) is 29.3 Å². The second-order valence-corrected chi connectivity index (χ2v) is 9.29. The number of allylic oxidation sites excluding steroid dienone is 2. The third-order valence-corrected chi connectivity index (χ3v) is 6.04. The molecule has 29 heavy (non-hydrogen) atoms. The van der Waals surface area contributed by atoms with Crippen LogP contribution in [-0.4, -0.2) is 41.4 Å². The molecule has 1 aromatic rings. The summed E-state index contributed by atoms with van der Waals surface area (Å²) in [4.78, 5) is 40.3. The minimum absolute atomic E-state index is 0.0276. The molecule has 1 fully saturated rings. The summed E-state index contributed by atoms with van der Waals surface area (Å²) in [5.74, 6) is 1.16. The van der Waals surface area contributed by atoms with Gasteiger partial charge in [0.25, 0.3) is 11.8 Å². The van der Waals surface area contributed by atoms with Crippen LogP contribution in [0, 0.1) is 23.7 Å². The molecule has 0 aliphatic heterocycles. The predicted molar refractivity (Wildman–Crippen MR) is 114 cm³/mol. The lowest BCUT2D eigenvalue weighted by Gasteiger charge is -2.21. The molecule has 6 nitrogen and oxygen atoms in total. The van der Waals surface area contributed by atoms with Crippen molar-refractivity contribution in [2.45, 2.75) is 46.6 Å². The third-order valence-electron chi connectivity index (χ3n) is 6.04. The molecule has 3 atom stereocenters. The first-order chi connectivity index (χ1) is 13.7. The van der Waals surface area contributed by atoms with E-state index in [9.17, 15) is 14.4 Å². The zero-order valence-corrected chi connectivity index (χ0v) is 18.1. The van der Waals surface area contributed by atoms with E-state index in [2.05, 4.69) is 17.5 Å². The molecule has 1 N–H and O–H groups in total. The molecule has 2 aliphatic carbocycles. The van der Waals surface area contributed by atoms with Gasteiger partial charge in [0.05, 0.1) is 0 Å². The highest BCUT2D eigenvalue weighted by Gasteiger charge is 2.35. The van der Waals surface area contributed by atoms with Crippen molar-refractivity contribution in [3.05, 3.63) is 45.9 Å². The molecule has 0 radical (unpaired) electrons. The van der Waals surface area contributed by atoms with Gasteiger partial charge >= 0.3 is 0 Å². The molecule has 2 aliphatic rings. The SMILES string of the molecule is CC(C)CN(C)C(=O)c1cn(C(C)C)cc(C(=O)NC[C@H]2C[C@@H]3C=C[C@H]2C3)c1=O. The second-order valence-electron chi connectivity index (χ2n) is 9.29. The largest absolute Gasteiger partial charge is 0.352 e. The van der Waals surface area contributed by atoms with Gasteiger partial charge in [0.2, 0.25) is 5.43 Å². The fraction of sp³-hybridized carbons (Fsp3) is 0.609. The van der Waals surface area contributed by atoms with Crippen molar-refractivity contribution in [3.8, 4) is 0 Å². The van der Waals surface area contributed by atoms with E-state index in [0.717, 1.165) is 6.42 Å². The average Bonchev–Trinajstić information content (AvgIpc) is 3.28. The summed E-state index contributed by atoms with van der Waals surface area (Å²) in [5.41, 5.74) is -0.397. The first kappa shape index (κ1) is 21.3. The van der Waals surface area contributed by atoms with Crippen LogP contribution in [0.5, 0.6) is 0 Å². The van der Waals surface area contributed by atoms with E-state index in [1.165, 1.54) is 6.42 Å². The van der Waals surface area contributed by atoms with Gasteiger partial charge in [0.15, 0.2) is 0 Å². The molecule has 2 amide bonds. The second kappa shape index (κ2) is 8.56. The average molecular weight is 400 g/mol. The lowest BCUT2D eigenvalue weighted by molar-refractivity contribution is 0.0777. The topological polar surface area (TPSA) is 71.4 Å². The smallest absolute Gasteiger partial charge is 0.259 e. The monoisotopic (exact) mass is 399 g/mol. The lowest BCUT2D eigenvalue weighted by Crippen LogP contribution is -2.38. The van der Waals surface area contributed by atoms with Crippen molar-refractivity contribution in [2.75, 3.05) is 20.1 Å². The Morgan fingerprint density at radius 2 is 1.83 bits per heavy atom. The standard InChI is InChI=1S/C23H33N3O3/c1-14(2)11-25(5)23(29)20-13-26(15(3)4)12-19(21(20)27)22(28)24-10-18-9-16-6-7-17(18)8-16/h6-7,12-18H,8-11H2,1-5H3,(H,24,28)/t16-,17+,18-/m1/s1. The number of nitrogens with one attached hydrogen (secondary N) is 1. The predicted octanol–water partition coefficient (Wildman–Crippen LogP) is 3.10. The summed E-state index contributed by atoms with van der Waals surface area (Å²) in [6.07, 6.45) is 9.93. The van der Waals surface area contributed by atoms with Crippen molar-refractivity contribution in [1.29, 1.82) is 0 Å². The number of amides is 2. The van der Waals surface area contributed by atoms with Gasteiger partial charge in [-0.2, -0.15) is 0 Å². The molecule has 3 rings (SSSR count). The molecule has 158 valence electrons. The number of carbonyl (C=O) groups is 2. The highest BCUT2D eigenvalue weighted by Crippen LogP contribution is 2.42. The van der Waals surface area contributed by atoms with Gasteiger partial charge in [-0.05, 0) is 50.4 Å². The minimum atomic E-state index is -0.493. The summed E-state index contributed by atoms with van der Waals surface area (Å²) in [5, 5.41) is 2.95. The Hall–Kier alpha value is -2.37. The summed E-state index contributed by atoms with van der Waals surface area (Å²) in [6, 6.07) is 0.0276. The highest BCUT2D eigenvalue weighted by atomic mass is 16.2. The van der Waals surface area contributed by atoms with E-state index in [1.807, 2.05) is 27.7 Å². The number of pyridine rings is 1. The van der Waals surface area contributed by atoms with Gasteiger partial charge in [-0.1, -0.05) is 26.0 Å². The molecule has 0 spiro atoms. The molecule has 1 saturated carbocycles. The molecule has 6 heteroatoms. The number of hydrogen-bond donors (Lipinski definition) is 1. The van der Waals surface area contributed by atoms with E-state index in [-0.39, 0.29) is 23.1 Å². The van der Waals surface area contributed by atoms with E-state index >= 15 is 0 Å². The number of fused-ring (bicyclic) bond motifs is 2. The summed E-state index contributed by atoms with van der Waals surface area (Å²) in [6.45, 7) is 9.07. The summed E-state index contributed by atoms with van der Waals surface area (Å²) < 4.78 is 1.77. The Labute approximate surface area is 173 Å². The Morgan fingerprint density at radius 3 is 2.38 bits per heavy atom. The van der Waals surface area contributed by atoms with Crippen LogP contribution in [0.2, 0.25) is 0 Å². The maximum atomic E-state index is 13.0. The van der Waals surface area contributed by atoms with Gasteiger partial charge in [-0.3, -0.25) is 14.4 Å². The van der Waals surface area contributed by atoms with Crippen LogP contribution in [0.3, 0.4) is 0 Å². The summed E-state index contributed by atoms with van der Waals surface area (Å²) >= 11 is 0. The van der Waals surface area contributed by atoms with Crippen molar-refractivity contribution in [2.24, 2.45) is 23.7 Å². The van der Waals surface area contributed by atoms with Gasteiger partial charge in [0.1, 0.15) is 11.1 Å². The quantitative estimate of drug-likeness (QED) is 0.716. The molecule has 1 aromatic heterocycles.